The molecule has 0 saturated heterocycles. The first-order valence-corrected chi connectivity index (χ1v) is 9.78. The molecule has 0 radical (unpaired) electrons. The molecule has 0 amide bonds. The van der Waals surface area contributed by atoms with Gasteiger partial charge in [0.05, 0.1) is 19.4 Å². The number of nitrogens with zero attached hydrogens (tertiary/aromatic N) is 1. The van der Waals surface area contributed by atoms with Gasteiger partial charge in [0.15, 0.2) is 0 Å². The van der Waals surface area contributed by atoms with Crippen molar-refractivity contribution in [2.24, 2.45) is 0 Å². The Kier molecular flexibility index (Phi) is 19.9. The average molecular weight is 346 g/mol. The van der Waals surface area contributed by atoms with Crippen LogP contribution in [-0.2, 0) is 9.68 Å². The quantitative estimate of drug-likeness (QED) is 0.269. The number of unbranched alkanes of at least 4 members (excludes halogenated alkanes) is 11. The van der Waals surface area contributed by atoms with Gasteiger partial charge >= 0.3 is 0 Å². The molecule has 0 bridgehead atoms. The van der Waals surface area contributed by atoms with Gasteiger partial charge in [-0.3, -0.25) is 0 Å². The van der Waals surface area contributed by atoms with Crippen molar-refractivity contribution in [3.8, 4) is 0 Å². The Labute approximate surface area is 148 Å². The molecule has 0 unspecified atom stereocenters. The number of hydroxylamine groups is 2. The second kappa shape index (κ2) is 20.4. The van der Waals surface area contributed by atoms with E-state index >= 15 is 0 Å². The molecule has 2 N–H and O–H groups in total. The summed E-state index contributed by atoms with van der Waals surface area (Å²) in [6.07, 6.45) is 19.5. The van der Waals surface area contributed by atoms with E-state index in [1.165, 1.54) is 75.9 Å². The van der Waals surface area contributed by atoms with E-state index in [9.17, 15) is 0 Å². The Bertz CT molecular complexity index is 254. The second-order valence-electron chi connectivity index (χ2n) is 6.11. The molecule has 0 aliphatic heterocycles. The van der Waals surface area contributed by atoms with Crippen LogP contribution in [0.5, 0.6) is 0 Å². The molecule has 0 atom stereocenters. The number of aliphatic hydroxyl groups is 2. The van der Waals surface area contributed by atoms with Gasteiger partial charge in [0.1, 0.15) is 13.2 Å². The van der Waals surface area contributed by atoms with Crippen LogP contribution in [0.3, 0.4) is 0 Å². The molecular formula is C19H39NO4. The van der Waals surface area contributed by atoms with Crippen LogP contribution in [0, 0.1) is 0 Å². The highest BCUT2D eigenvalue weighted by Crippen LogP contribution is 2.12. The normalized spacial score (nSPS) is 11.5. The van der Waals surface area contributed by atoms with Gasteiger partial charge in [-0.25, -0.2) is 9.68 Å². The first-order chi connectivity index (χ1) is 11.8. The van der Waals surface area contributed by atoms with Gasteiger partial charge in [-0.15, -0.1) is 5.23 Å². The van der Waals surface area contributed by atoms with E-state index in [0.717, 1.165) is 6.42 Å². The summed E-state index contributed by atoms with van der Waals surface area (Å²) in [6.45, 7) is 2.48. The Morgan fingerprint density at radius 2 is 1.17 bits per heavy atom. The number of aliphatic hydroxyl groups excluding tert-OH is 2. The third kappa shape index (κ3) is 17.7. The molecule has 144 valence electrons. The Hall–Kier alpha value is -0.620. The van der Waals surface area contributed by atoms with Crippen LogP contribution in [0.4, 0.5) is 0 Å². The van der Waals surface area contributed by atoms with Crippen LogP contribution in [0.1, 0.15) is 84.0 Å². The van der Waals surface area contributed by atoms with Gasteiger partial charge in [-0.1, -0.05) is 77.2 Å². The molecule has 5 nitrogen and oxygen atoms in total. The van der Waals surface area contributed by atoms with Crippen LogP contribution >= 0.6 is 0 Å². The Morgan fingerprint density at radius 1 is 0.708 bits per heavy atom. The van der Waals surface area contributed by atoms with Crippen molar-refractivity contribution in [3.05, 3.63) is 12.3 Å². The van der Waals surface area contributed by atoms with Crippen LogP contribution < -0.4 is 0 Å². The summed E-state index contributed by atoms with van der Waals surface area (Å²) in [4.78, 5) is 10.3. The SMILES string of the molecule is CCCCCCCCCCCCCC=CN(OCCO)OCCO. The first-order valence-electron chi connectivity index (χ1n) is 9.78. The summed E-state index contributed by atoms with van der Waals surface area (Å²) in [5.74, 6) is 0. The van der Waals surface area contributed by atoms with E-state index in [0.29, 0.717) is 0 Å². The smallest absolute Gasteiger partial charge is 0.101 e. The molecular weight excluding hydrogens is 306 g/mol. The highest BCUT2D eigenvalue weighted by Gasteiger charge is 1.99. The summed E-state index contributed by atoms with van der Waals surface area (Å²) >= 11 is 0. The number of allylic oxidation sites excluding steroid dienone is 1. The summed E-state index contributed by atoms with van der Waals surface area (Å²) in [5.41, 5.74) is 0. The van der Waals surface area contributed by atoms with E-state index in [1.54, 1.807) is 6.20 Å². The minimum absolute atomic E-state index is 0.0641. The van der Waals surface area contributed by atoms with Crippen molar-refractivity contribution in [1.29, 1.82) is 0 Å². The summed E-state index contributed by atoms with van der Waals surface area (Å²) in [7, 11) is 0. The monoisotopic (exact) mass is 345 g/mol. The van der Waals surface area contributed by atoms with Crippen molar-refractivity contribution in [1.82, 2.24) is 5.23 Å². The molecule has 0 saturated carbocycles. The lowest BCUT2D eigenvalue weighted by molar-refractivity contribution is -0.339. The summed E-state index contributed by atoms with van der Waals surface area (Å²) in [6, 6.07) is 0. The predicted octanol–water partition coefficient (Wildman–Crippen LogP) is 4.35. The maximum absolute atomic E-state index is 8.74. The van der Waals surface area contributed by atoms with Crippen molar-refractivity contribution < 1.29 is 19.9 Å². The third-order valence-corrected chi connectivity index (χ3v) is 3.82. The van der Waals surface area contributed by atoms with E-state index in [2.05, 4.69) is 6.92 Å². The molecule has 24 heavy (non-hydrogen) atoms. The zero-order chi connectivity index (χ0) is 17.7. The third-order valence-electron chi connectivity index (χ3n) is 3.82. The standard InChI is InChI=1S/C19H39NO4/c1-2-3-4-5-6-7-8-9-10-11-12-13-14-15-20(23-18-16-21)24-19-17-22/h14-15,21-22H,2-13,16-19H2,1H3. The molecule has 0 spiro atoms. The zero-order valence-corrected chi connectivity index (χ0v) is 15.6. The van der Waals surface area contributed by atoms with Gasteiger partial charge < -0.3 is 10.2 Å². The fraction of sp³-hybridized carbons (Fsp3) is 0.895. The Morgan fingerprint density at radius 3 is 1.62 bits per heavy atom. The molecule has 0 aliphatic rings. The predicted molar refractivity (Wildman–Crippen MR) is 98.1 cm³/mol. The van der Waals surface area contributed by atoms with Gasteiger partial charge in [-0.2, -0.15) is 0 Å². The number of rotatable bonds is 19. The van der Waals surface area contributed by atoms with E-state index in [-0.39, 0.29) is 26.4 Å². The second-order valence-corrected chi connectivity index (χ2v) is 6.11. The molecule has 0 aliphatic carbocycles. The van der Waals surface area contributed by atoms with Crippen molar-refractivity contribution in [2.45, 2.75) is 84.0 Å². The average Bonchev–Trinajstić information content (AvgIpc) is 2.60. The van der Waals surface area contributed by atoms with Gasteiger partial charge in [0, 0.05) is 0 Å². The lowest BCUT2D eigenvalue weighted by Gasteiger charge is -2.17. The Balaban J connectivity index is 3.42. The largest absolute Gasteiger partial charge is 0.394 e. The number of hydrogen-bond acceptors (Lipinski definition) is 5. The fourth-order valence-electron chi connectivity index (χ4n) is 2.47. The molecule has 0 aromatic heterocycles. The number of hydrogen-bond donors (Lipinski definition) is 2. The first kappa shape index (κ1) is 23.4. The van der Waals surface area contributed by atoms with Crippen molar-refractivity contribution in [2.75, 3.05) is 26.4 Å². The van der Waals surface area contributed by atoms with E-state index < -0.39 is 0 Å². The maximum atomic E-state index is 8.74. The zero-order valence-electron chi connectivity index (χ0n) is 15.6. The van der Waals surface area contributed by atoms with Crippen molar-refractivity contribution in [3.63, 3.8) is 0 Å². The van der Waals surface area contributed by atoms with Crippen LogP contribution in [-0.4, -0.2) is 41.9 Å². The van der Waals surface area contributed by atoms with Gasteiger partial charge in [0.25, 0.3) is 0 Å². The lowest BCUT2D eigenvalue weighted by Crippen LogP contribution is -2.22. The summed E-state index contributed by atoms with van der Waals surface area (Å²) in [5, 5.41) is 18.7. The minimum Gasteiger partial charge on any atom is -0.394 e. The molecule has 0 heterocycles. The topological polar surface area (TPSA) is 62.2 Å². The minimum atomic E-state index is -0.0641. The highest BCUT2D eigenvalue weighted by molar-refractivity contribution is 4.76. The van der Waals surface area contributed by atoms with Crippen LogP contribution in [0.25, 0.3) is 0 Å². The maximum Gasteiger partial charge on any atom is 0.101 e. The summed E-state index contributed by atoms with van der Waals surface area (Å²) < 4.78 is 0. The van der Waals surface area contributed by atoms with Gasteiger partial charge in [-0.05, 0) is 12.8 Å². The van der Waals surface area contributed by atoms with Crippen LogP contribution in [0.15, 0.2) is 12.3 Å². The molecule has 0 rings (SSSR count). The van der Waals surface area contributed by atoms with Gasteiger partial charge in [0.2, 0.25) is 0 Å². The van der Waals surface area contributed by atoms with E-state index in [1.807, 2.05) is 6.08 Å². The molecule has 0 aromatic rings. The highest BCUT2D eigenvalue weighted by atomic mass is 16.9. The molecule has 5 heteroatoms. The fourth-order valence-corrected chi connectivity index (χ4v) is 2.47. The molecule has 0 aromatic carbocycles. The lowest BCUT2D eigenvalue weighted by atomic mass is 10.1. The van der Waals surface area contributed by atoms with Crippen LogP contribution in [0.2, 0.25) is 0 Å². The molecule has 0 fully saturated rings. The van der Waals surface area contributed by atoms with Crippen molar-refractivity contribution >= 4 is 0 Å². The van der Waals surface area contributed by atoms with E-state index in [4.69, 9.17) is 19.9 Å².